The van der Waals surface area contributed by atoms with Crippen LogP contribution < -0.4 is 10.2 Å². The number of benzene rings is 1. The Bertz CT molecular complexity index is 618. The lowest BCUT2D eigenvalue weighted by atomic mass is 10.1. The van der Waals surface area contributed by atoms with Crippen LogP contribution in [0.2, 0.25) is 5.02 Å². The van der Waals surface area contributed by atoms with E-state index in [0.717, 1.165) is 16.9 Å². The lowest BCUT2D eigenvalue weighted by Crippen LogP contribution is -2.25. The quantitative estimate of drug-likeness (QED) is 0.911. The second-order valence-electron chi connectivity index (χ2n) is 5.01. The first kappa shape index (κ1) is 15.7. The standard InChI is InChI=1S/C16H19ClFN3/c1-11(12-5-4-6-14(17)7-12)21(3)16-13(9-19-2)8-15(18)10-20-16/h4-8,10-11,19H,9H2,1-3H3. The Balaban J connectivity index is 2.32. The van der Waals surface area contributed by atoms with Gasteiger partial charge in [-0.2, -0.15) is 0 Å². The third-order valence-corrected chi connectivity index (χ3v) is 3.76. The van der Waals surface area contributed by atoms with Crippen molar-refractivity contribution < 1.29 is 4.39 Å². The summed E-state index contributed by atoms with van der Waals surface area (Å²) in [4.78, 5) is 6.27. The number of aromatic nitrogens is 1. The van der Waals surface area contributed by atoms with Crippen LogP contribution in [-0.2, 0) is 6.54 Å². The number of halogens is 2. The predicted octanol–water partition coefficient (Wildman–Crippen LogP) is 3.79. The molecular weight excluding hydrogens is 289 g/mol. The maximum absolute atomic E-state index is 13.4. The van der Waals surface area contributed by atoms with Gasteiger partial charge in [-0.3, -0.25) is 0 Å². The minimum Gasteiger partial charge on any atom is -0.353 e. The first-order chi connectivity index (χ1) is 10.0. The molecule has 0 aliphatic rings. The average molecular weight is 308 g/mol. The number of nitrogens with zero attached hydrogens (tertiary/aromatic N) is 2. The Labute approximate surface area is 129 Å². The van der Waals surface area contributed by atoms with Gasteiger partial charge in [-0.15, -0.1) is 0 Å². The van der Waals surface area contributed by atoms with Gasteiger partial charge in [0.25, 0.3) is 0 Å². The summed E-state index contributed by atoms with van der Waals surface area (Å²) >= 11 is 6.05. The fraction of sp³-hybridized carbons (Fsp3) is 0.312. The molecule has 0 spiro atoms. The minimum absolute atomic E-state index is 0.0808. The molecule has 0 aliphatic heterocycles. The van der Waals surface area contributed by atoms with Crippen LogP contribution in [0, 0.1) is 5.82 Å². The van der Waals surface area contributed by atoms with Crippen LogP contribution in [0.3, 0.4) is 0 Å². The Hall–Kier alpha value is -1.65. The number of anilines is 1. The summed E-state index contributed by atoms with van der Waals surface area (Å²) in [5, 5.41) is 3.74. The molecule has 3 nitrogen and oxygen atoms in total. The fourth-order valence-corrected chi connectivity index (χ4v) is 2.48. The summed E-state index contributed by atoms with van der Waals surface area (Å²) in [7, 11) is 3.78. The number of hydrogen-bond donors (Lipinski definition) is 1. The second-order valence-corrected chi connectivity index (χ2v) is 5.44. The molecule has 0 aliphatic carbocycles. The number of hydrogen-bond acceptors (Lipinski definition) is 3. The fourth-order valence-electron chi connectivity index (χ4n) is 2.29. The van der Waals surface area contributed by atoms with Crippen LogP contribution in [0.1, 0.15) is 24.1 Å². The summed E-state index contributed by atoms with van der Waals surface area (Å²) in [6, 6.07) is 9.32. The minimum atomic E-state index is -0.326. The van der Waals surface area contributed by atoms with Crippen LogP contribution in [0.15, 0.2) is 36.5 Å². The molecule has 112 valence electrons. The predicted molar refractivity (Wildman–Crippen MR) is 85.2 cm³/mol. The van der Waals surface area contributed by atoms with Crippen molar-refractivity contribution in [2.75, 3.05) is 19.0 Å². The first-order valence-corrected chi connectivity index (χ1v) is 7.18. The summed E-state index contributed by atoms with van der Waals surface area (Å²) in [6.45, 7) is 2.63. The molecule has 1 heterocycles. The van der Waals surface area contributed by atoms with Crippen LogP contribution >= 0.6 is 11.6 Å². The van der Waals surface area contributed by atoms with E-state index in [-0.39, 0.29) is 11.9 Å². The maximum atomic E-state index is 13.4. The molecular formula is C16H19ClFN3. The van der Waals surface area contributed by atoms with E-state index in [2.05, 4.69) is 17.2 Å². The molecule has 0 amide bonds. The second kappa shape index (κ2) is 6.87. The number of nitrogens with one attached hydrogen (secondary N) is 1. The summed E-state index contributed by atoms with van der Waals surface area (Å²) < 4.78 is 13.4. The first-order valence-electron chi connectivity index (χ1n) is 6.80. The molecule has 2 rings (SSSR count). The molecule has 0 saturated heterocycles. The van der Waals surface area contributed by atoms with Crippen molar-refractivity contribution >= 4 is 17.4 Å². The smallest absolute Gasteiger partial charge is 0.141 e. The van der Waals surface area contributed by atoms with Crippen LogP contribution in [0.25, 0.3) is 0 Å². The topological polar surface area (TPSA) is 28.2 Å². The zero-order valence-corrected chi connectivity index (χ0v) is 13.2. The van der Waals surface area contributed by atoms with Crippen molar-refractivity contribution in [3.63, 3.8) is 0 Å². The average Bonchev–Trinajstić information content (AvgIpc) is 2.46. The molecule has 1 aromatic heterocycles. The highest BCUT2D eigenvalue weighted by molar-refractivity contribution is 6.30. The van der Waals surface area contributed by atoms with Gasteiger partial charge in [-0.05, 0) is 37.7 Å². The zero-order valence-electron chi connectivity index (χ0n) is 12.4. The molecule has 21 heavy (non-hydrogen) atoms. The molecule has 0 radical (unpaired) electrons. The van der Waals surface area contributed by atoms with Gasteiger partial charge >= 0.3 is 0 Å². The van der Waals surface area contributed by atoms with Gasteiger partial charge in [-0.25, -0.2) is 9.37 Å². The lowest BCUT2D eigenvalue weighted by Gasteiger charge is -2.28. The van der Waals surface area contributed by atoms with Gasteiger partial charge in [-0.1, -0.05) is 23.7 Å². The Morgan fingerprint density at radius 1 is 1.38 bits per heavy atom. The van der Waals surface area contributed by atoms with Crippen LogP contribution in [0.4, 0.5) is 10.2 Å². The van der Waals surface area contributed by atoms with E-state index >= 15 is 0 Å². The van der Waals surface area contributed by atoms with Crippen molar-refractivity contribution in [3.05, 3.63) is 58.5 Å². The van der Waals surface area contributed by atoms with Gasteiger partial charge < -0.3 is 10.2 Å². The molecule has 1 unspecified atom stereocenters. The third kappa shape index (κ3) is 3.71. The van der Waals surface area contributed by atoms with Gasteiger partial charge in [0.1, 0.15) is 11.6 Å². The van der Waals surface area contributed by atoms with Crippen molar-refractivity contribution in [1.82, 2.24) is 10.3 Å². The molecule has 2 aromatic rings. The summed E-state index contributed by atoms with van der Waals surface area (Å²) in [6.07, 6.45) is 1.25. The van der Waals surface area contributed by atoms with Crippen LogP contribution in [-0.4, -0.2) is 19.1 Å². The zero-order chi connectivity index (χ0) is 15.4. The van der Waals surface area contributed by atoms with E-state index in [1.54, 1.807) is 0 Å². The summed E-state index contributed by atoms with van der Waals surface area (Å²) in [5.74, 6) is 0.436. The highest BCUT2D eigenvalue weighted by Crippen LogP contribution is 2.28. The van der Waals surface area contributed by atoms with E-state index < -0.39 is 0 Å². The Morgan fingerprint density at radius 2 is 2.14 bits per heavy atom. The third-order valence-electron chi connectivity index (χ3n) is 3.52. The van der Waals surface area contributed by atoms with Gasteiger partial charge in [0.2, 0.25) is 0 Å². The van der Waals surface area contributed by atoms with Crippen molar-refractivity contribution in [1.29, 1.82) is 0 Å². The van der Waals surface area contributed by atoms with E-state index in [4.69, 9.17) is 11.6 Å². The van der Waals surface area contributed by atoms with Gasteiger partial charge in [0, 0.05) is 24.2 Å². The Kier molecular flexibility index (Phi) is 5.15. The lowest BCUT2D eigenvalue weighted by molar-refractivity contribution is 0.613. The van der Waals surface area contributed by atoms with E-state index in [1.807, 2.05) is 43.3 Å². The van der Waals surface area contributed by atoms with E-state index in [9.17, 15) is 4.39 Å². The normalized spacial score (nSPS) is 12.2. The van der Waals surface area contributed by atoms with Gasteiger partial charge in [0.15, 0.2) is 0 Å². The molecule has 1 N–H and O–H groups in total. The molecule has 0 fully saturated rings. The van der Waals surface area contributed by atoms with E-state index in [0.29, 0.717) is 11.6 Å². The highest BCUT2D eigenvalue weighted by atomic mass is 35.5. The largest absolute Gasteiger partial charge is 0.353 e. The molecule has 1 atom stereocenters. The monoisotopic (exact) mass is 307 g/mol. The Morgan fingerprint density at radius 3 is 2.81 bits per heavy atom. The molecule has 1 aromatic carbocycles. The number of pyridine rings is 1. The van der Waals surface area contributed by atoms with Gasteiger partial charge in [0.05, 0.1) is 12.2 Å². The molecule has 0 saturated carbocycles. The number of rotatable bonds is 5. The van der Waals surface area contributed by atoms with Crippen molar-refractivity contribution in [2.24, 2.45) is 0 Å². The maximum Gasteiger partial charge on any atom is 0.141 e. The highest BCUT2D eigenvalue weighted by Gasteiger charge is 2.17. The molecule has 0 bridgehead atoms. The van der Waals surface area contributed by atoms with Crippen molar-refractivity contribution in [3.8, 4) is 0 Å². The molecule has 5 heteroatoms. The van der Waals surface area contributed by atoms with E-state index in [1.165, 1.54) is 12.3 Å². The van der Waals surface area contributed by atoms with Crippen molar-refractivity contribution in [2.45, 2.75) is 19.5 Å². The summed E-state index contributed by atoms with van der Waals surface area (Å²) in [5.41, 5.74) is 1.92. The van der Waals surface area contributed by atoms with Crippen LogP contribution in [0.5, 0.6) is 0 Å². The SMILES string of the molecule is CNCc1cc(F)cnc1N(C)C(C)c1cccc(Cl)c1.